The van der Waals surface area contributed by atoms with Gasteiger partial charge in [-0.05, 0) is 51.1 Å². The van der Waals surface area contributed by atoms with Crippen LogP contribution in [0.5, 0.6) is 5.75 Å². The molecule has 36 heavy (non-hydrogen) atoms. The van der Waals surface area contributed by atoms with Crippen molar-refractivity contribution in [3.05, 3.63) is 47.7 Å². The minimum atomic E-state index is -0.593. The average molecular weight is 508 g/mol. The molecule has 0 radical (unpaired) electrons. The van der Waals surface area contributed by atoms with Crippen LogP contribution in [0.25, 0.3) is 11.3 Å². The largest absolute Gasteiger partial charge is 0.467 e. The van der Waals surface area contributed by atoms with Crippen LogP contribution in [-0.2, 0) is 0 Å². The maximum atomic E-state index is 13.4. The lowest BCUT2D eigenvalue weighted by Crippen LogP contribution is -2.62. The topological polar surface area (TPSA) is 87.1 Å². The molecule has 1 aromatic carbocycles. The SMILES string of the molecule is CC(C)N1CCC2(CC1)Oc1ccc(-c3ccc(C(=O)NCC4(C)CN=CS4)cn3)cc1C(=O)N2C. The van der Waals surface area contributed by atoms with Crippen molar-refractivity contribution >= 4 is 29.1 Å². The molecule has 3 aliphatic rings. The van der Waals surface area contributed by atoms with Crippen LogP contribution in [-0.4, -0.2) is 81.9 Å². The van der Waals surface area contributed by atoms with Crippen molar-refractivity contribution < 1.29 is 14.3 Å². The van der Waals surface area contributed by atoms with Crippen molar-refractivity contribution in [2.45, 2.75) is 50.1 Å². The van der Waals surface area contributed by atoms with Crippen molar-refractivity contribution in [2.24, 2.45) is 4.99 Å². The van der Waals surface area contributed by atoms with Crippen LogP contribution in [0, 0.1) is 0 Å². The summed E-state index contributed by atoms with van der Waals surface area (Å²) in [5.74, 6) is 0.430. The third-order valence-electron chi connectivity index (χ3n) is 7.52. The first kappa shape index (κ1) is 24.8. The van der Waals surface area contributed by atoms with E-state index in [-0.39, 0.29) is 16.6 Å². The number of benzene rings is 1. The van der Waals surface area contributed by atoms with Crippen molar-refractivity contribution in [1.29, 1.82) is 0 Å². The van der Waals surface area contributed by atoms with Gasteiger partial charge in [-0.2, -0.15) is 0 Å². The molecule has 3 aliphatic heterocycles. The fourth-order valence-electron chi connectivity index (χ4n) is 5.01. The monoisotopic (exact) mass is 507 g/mol. The number of hydrogen-bond acceptors (Lipinski definition) is 7. The first-order valence-corrected chi connectivity index (χ1v) is 13.3. The summed E-state index contributed by atoms with van der Waals surface area (Å²) in [6.45, 7) is 9.52. The quantitative estimate of drug-likeness (QED) is 0.665. The van der Waals surface area contributed by atoms with Gasteiger partial charge in [0.2, 0.25) is 0 Å². The molecular formula is C27H33N5O3S. The molecule has 2 aromatic rings. The molecule has 190 valence electrons. The predicted molar refractivity (Wildman–Crippen MR) is 143 cm³/mol. The molecule has 4 heterocycles. The number of ether oxygens (including phenoxy) is 1. The minimum Gasteiger partial charge on any atom is -0.467 e. The molecule has 1 aromatic heterocycles. The third kappa shape index (κ3) is 4.62. The van der Waals surface area contributed by atoms with Crippen molar-refractivity contribution in [2.75, 3.05) is 33.2 Å². The Morgan fingerprint density at radius 3 is 2.64 bits per heavy atom. The second-order valence-electron chi connectivity index (χ2n) is 10.4. The normalized spacial score (nSPS) is 23.1. The number of thioether (sulfide) groups is 1. The molecule has 8 nitrogen and oxygen atoms in total. The zero-order valence-electron chi connectivity index (χ0n) is 21.3. The van der Waals surface area contributed by atoms with Gasteiger partial charge in [-0.15, -0.1) is 11.8 Å². The third-order valence-corrected chi connectivity index (χ3v) is 8.61. The lowest BCUT2D eigenvalue weighted by atomic mass is 9.93. The zero-order chi connectivity index (χ0) is 25.5. The predicted octanol–water partition coefficient (Wildman–Crippen LogP) is 3.68. The van der Waals surface area contributed by atoms with Crippen LogP contribution in [0.2, 0.25) is 0 Å². The molecule has 1 atom stereocenters. The molecule has 2 amide bonds. The maximum absolute atomic E-state index is 13.4. The number of pyridine rings is 1. The Hall–Kier alpha value is -2.91. The van der Waals surface area contributed by atoms with Crippen molar-refractivity contribution in [3.8, 4) is 17.0 Å². The van der Waals surface area contributed by atoms with E-state index in [2.05, 4.69) is 41.0 Å². The molecule has 1 fully saturated rings. The summed E-state index contributed by atoms with van der Waals surface area (Å²) in [4.78, 5) is 38.9. The fourth-order valence-corrected chi connectivity index (χ4v) is 5.72. The van der Waals surface area contributed by atoms with Crippen LogP contribution < -0.4 is 10.1 Å². The molecule has 9 heteroatoms. The number of nitrogens with zero attached hydrogens (tertiary/aromatic N) is 4. The van der Waals surface area contributed by atoms with E-state index in [4.69, 9.17) is 4.74 Å². The Morgan fingerprint density at radius 2 is 2.00 bits per heavy atom. The number of aliphatic imine (C=N–C) groups is 1. The first-order valence-electron chi connectivity index (χ1n) is 12.5. The lowest BCUT2D eigenvalue weighted by molar-refractivity contribution is -0.104. The number of aromatic nitrogens is 1. The molecule has 0 bridgehead atoms. The van der Waals surface area contributed by atoms with E-state index in [0.717, 1.165) is 31.5 Å². The highest BCUT2D eigenvalue weighted by atomic mass is 32.2. The summed E-state index contributed by atoms with van der Waals surface area (Å²) in [5.41, 5.74) is 3.79. The van der Waals surface area contributed by atoms with Gasteiger partial charge in [-0.25, -0.2) is 0 Å². The first-order chi connectivity index (χ1) is 17.2. The van der Waals surface area contributed by atoms with E-state index in [9.17, 15) is 9.59 Å². The highest BCUT2D eigenvalue weighted by Crippen LogP contribution is 2.40. The minimum absolute atomic E-state index is 0.0330. The number of amides is 2. The second-order valence-corrected chi connectivity index (χ2v) is 11.8. The van der Waals surface area contributed by atoms with Gasteiger partial charge in [0.05, 0.1) is 33.7 Å². The van der Waals surface area contributed by atoms with E-state index >= 15 is 0 Å². The van der Waals surface area contributed by atoms with Gasteiger partial charge in [-0.1, -0.05) is 0 Å². The number of nitrogens with one attached hydrogen (secondary N) is 1. The summed E-state index contributed by atoms with van der Waals surface area (Å²) < 4.78 is 6.39. The summed E-state index contributed by atoms with van der Waals surface area (Å²) in [6, 6.07) is 9.69. The Morgan fingerprint density at radius 1 is 1.22 bits per heavy atom. The Labute approximate surface area is 216 Å². The van der Waals surface area contributed by atoms with E-state index in [1.54, 1.807) is 28.9 Å². The fraction of sp³-hybridized carbons (Fsp3) is 0.481. The molecule has 1 saturated heterocycles. The van der Waals surface area contributed by atoms with Crippen LogP contribution >= 0.6 is 11.8 Å². The summed E-state index contributed by atoms with van der Waals surface area (Å²) >= 11 is 1.64. The van der Waals surface area contributed by atoms with Crippen LogP contribution in [0.15, 0.2) is 41.5 Å². The Balaban J connectivity index is 1.29. The molecule has 1 N–H and O–H groups in total. The van der Waals surface area contributed by atoms with E-state index in [1.807, 2.05) is 36.9 Å². The second kappa shape index (κ2) is 9.52. The summed E-state index contributed by atoms with van der Waals surface area (Å²) in [5, 5.41) is 2.98. The van der Waals surface area contributed by atoms with Crippen molar-refractivity contribution in [1.82, 2.24) is 20.1 Å². The maximum Gasteiger partial charge on any atom is 0.260 e. The van der Waals surface area contributed by atoms with E-state index in [1.165, 1.54) is 0 Å². The number of likely N-dealkylation sites (tertiary alicyclic amines) is 1. The Bertz CT molecular complexity index is 1180. The molecular weight excluding hydrogens is 474 g/mol. The van der Waals surface area contributed by atoms with Crippen molar-refractivity contribution in [3.63, 3.8) is 0 Å². The molecule has 1 spiro atoms. The highest BCUT2D eigenvalue weighted by Gasteiger charge is 2.47. The molecule has 5 rings (SSSR count). The number of carbonyl (C=O) groups excluding carboxylic acids is 2. The number of carbonyl (C=O) groups is 2. The molecule has 0 saturated carbocycles. The standard InChI is InChI=1S/C27H33N5O3S/c1-18(2)32-11-9-27(10-12-32)31(4)25(34)21-13-19(6-8-23(21)35-27)22-7-5-20(14-29-22)24(33)30-16-26(3)15-28-17-36-26/h5-8,13-14,17-18H,9-12,15-16H2,1-4H3,(H,30,33). The Kier molecular flexibility index (Phi) is 6.55. The van der Waals surface area contributed by atoms with E-state index < -0.39 is 5.72 Å². The highest BCUT2D eigenvalue weighted by molar-refractivity contribution is 8.13. The molecule has 1 unspecified atom stereocenters. The van der Waals surface area contributed by atoms with Gasteiger partial charge in [0.15, 0.2) is 5.72 Å². The number of hydrogen-bond donors (Lipinski definition) is 1. The van der Waals surface area contributed by atoms with Gasteiger partial charge in [0, 0.05) is 57.3 Å². The van der Waals surface area contributed by atoms with Gasteiger partial charge in [0.25, 0.3) is 11.8 Å². The van der Waals surface area contributed by atoms with Crippen LogP contribution in [0.1, 0.15) is 54.3 Å². The molecule has 0 aliphatic carbocycles. The smallest absolute Gasteiger partial charge is 0.260 e. The number of rotatable bonds is 5. The van der Waals surface area contributed by atoms with Crippen LogP contribution in [0.4, 0.5) is 0 Å². The summed E-state index contributed by atoms with van der Waals surface area (Å²) in [7, 11) is 1.84. The van der Waals surface area contributed by atoms with Gasteiger partial charge in [-0.3, -0.25) is 19.6 Å². The average Bonchev–Trinajstić information content (AvgIpc) is 3.33. The van der Waals surface area contributed by atoms with Gasteiger partial charge < -0.3 is 19.9 Å². The van der Waals surface area contributed by atoms with E-state index in [0.29, 0.717) is 41.7 Å². The zero-order valence-corrected chi connectivity index (χ0v) is 22.1. The number of piperidine rings is 1. The van der Waals surface area contributed by atoms with Gasteiger partial charge in [0.1, 0.15) is 5.75 Å². The lowest BCUT2D eigenvalue weighted by Gasteiger charge is -2.50. The van der Waals surface area contributed by atoms with Gasteiger partial charge >= 0.3 is 0 Å². The number of fused-ring (bicyclic) bond motifs is 1. The summed E-state index contributed by atoms with van der Waals surface area (Å²) in [6.07, 6.45) is 3.14. The van der Waals surface area contributed by atoms with Crippen LogP contribution in [0.3, 0.4) is 0 Å².